The summed E-state index contributed by atoms with van der Waals surface area (Å²) in [4.78, 5) is 27.6. The summed E-state index contributed by atoms with van der Waals surface area (Å²) in [5, 5.41) is 7.27. The number of amides is 2. The van der Waals surface area contributed by atoms with E-state index in [2.05, 4.69) is 20.8 Å². The Bertz CT molecular complexity index is 747. The summed E-state index contributed by atoms with van der Waals surface area (Å²) in [5.41, 5.74) is 3.95. The Morgan fingerprint density at radius 2 is 1.92 bits per heavy atom. The second kappa shape index (κ2) is 8.79. The van der Waals surface area contributed by atoms with Crippen molar-refractivity contribution in [2.24, 2.45) is 5.10 Å². The van der Waals surface area contributed by atoms with Crippen molar-refractivity contribution in [1.29, 1.82) is 0 Å². The van der Waals surface area contributed by atoms with Crippen LogP contribution in [0.3, 0.4) is 0 Å². The van der Waals surface area contributed by atoms with Crippen LogP contribution < -0.4 is 10.7 Å². The molecule has 0 saturated carbocycles. The first-order valence-electron chi connectivity index (χ1n) is 7.31. The Labute approximate surface area is 144 Å². The Kier molecular flexibility index (Phi) is 6.45. The van der Waals surface area contributed by atoms with Gasteiger partial charge in [0.15, 0.2) is 0 Å². The van der Waals surface area contributed by atoms with Crippen LogP contribution in [0.25, 0.3) is 0 Å². The number of hydrogen-bond acceptors (Lipinski definition) is 4. The van der Waals surface area contributed by atoms with Gasteiger partial charge in [-0.25, -0.2) is 5.43 Å². The molecule has 1 heterocycles. The molecule has 0 aliphatic rings. The van der Waals surface area contributed by atoms with Crippen molar-refractivity contribution < 1.29 is 9.59 Å². The average Bonchev–Trinajstić information content (AvgIpc) is 2.59. The molecule has 0 spiro atoms. The second-order valence-corrected chi connectivity index (χ2v) is 5.46. The molecule has 124 valence electrons. The van der Waals surface area contributed by atoms with Gasteiger partial charge in [0, 0.05) is 23.5 Å². The van der Waals surface area contributed by atoms with Crippen LogP contribution >= 0.6 is 11.6 Å². The van der Waals surface area contributed by atoms with Gasteiger partial charge in [-0.2, -0.15) is 5.10 Å². The van der Waals surface area contributed by atoms with Crippen molar-refractivity contribution in [3.05, 3.63) is 64.9 Å². The zero-order valence-corrected chi connectivity index (χ0v) is 13.9. The minimum absolute atomic E-state index is 0.0763. The highest BCUT2D eigenvalue weighted by atomic mass is 35.5. The molecule has 0 saturated heterocycles. The van der Waals surface area contributed by atoms with Gasteiger partial charge in [-0.15, -0.1) is 0 Å². The molecule has 2 N–H and O–H groups in total. The molecular formula is C17H17ClN4O2. The van der Waals surface area contributed by atoms with Gasteiger partial charge >= 0.3 is 0 Å². The molecule has 0 radical (unpaired) electrons. The van der Waals surface area contributed by atoms with Gasteiger partial charge in [-0.1, -0.05) is 35.9 Å². The molecule has 0 aliphatic heterocycles. The largest absolute Gasteiger partial charge is 0.352 e. The number of rotatable bonds is 6. The highest BCUT2D eigenvalue weighted by Gasteiger charge is 2.07. The van der Waals surface area contributed by atoms with Crippen molar-refractivity contribution in [2.75, 3.05) is 0 Å². The number of nitrogens with zero attached hydrogens (tertiary/aromatic N) is 2. The van der Waals surface area contributed by atoms with Crippen LogP contribution in [0.5, 0.6) is 0 Å². The number of carbonyl (C=O) groups is 2. The van der Waals surface area contributed by atoms with Crippen LogP contribution in [0.1, 0.15) is 29.4 Å². The first-order valence-corrected chi connectivity index (χ1v) is 7.68. The quantitative estimate of drug-likeness (QED) is 0.624. The average molecular weight is 345 g/mol. The van der Waals surface area contributed by atoms with Crippen molar-refractivity contribution in [3.63, 3.8) is 0 Å². The van der Waals surface area contributed by atoms with Gasteiger partial charge in [-0.3, -0.25) is 14.6 Å². The summed E-state index contributed by atoms with van der Waals surface area (Å²) in [6.07, 6.45) is 1.60. The first-order chi connectivity index (χ1) is 11.6. The molecule has 6 nitrogen and oxygen atoms in total. The lowest BCUT2D eigenvalue weighted by Crippen LogP contribution is -2.26. The molecule has 2 amide bonds. The van der Waals surface area contributed by atoms with Crippen LogP contribution in [-0.4, -0.2) is 22.5 Å². The van der Waals surface area contributed by atoms with E-state index in [1.807, 2.05) is 18.2 Å². The van der Waals surface area contributed by atoms with Gasteiger partial charge < -0.3 is 5.32 Å². The zero-order chi connectivity index (χ0) is 17.4. The lowest BCUT2D eigenvalue weighted by molar-refractivity contribution is -0.120. The van der Waals surface area contributed by atoms with Gasteiger partial charge in [0.1, 0.15) is 5.69 Å². The molecule has 7 heteroatoms. The van der Waals surface area contributed by atoms with Crippen LogP contribution in [0, 0.1) is 0 Å². The molecular weight excluding hydrogens is 328 g/mol. The topological polar surface area (TPSA) is 83.5 Å². The molecule has 0 aliphatic carbocycles. The Morgan fingerprint density at radius 3 is 2.62 bits per heavy atom. The van der Waals surface area contributed by atoms with Crippen LogP contribution in [0.4, 0.5) is 0 Å². The van der Waals surface area contributed by atoms with Crippen molar-refractivity contribution in [3.8, 4) is 0 Å². The van der Waals surface area contributed by atoms with Crippen molar-refractivity contribution in [2.45, 2.75) is 19.9 Å². The summed E-state index contributed by atoms with van der Waals surface area (Å²) in [6, 6.07) is 12.3. The van der Waals surface area contributed by atoms with Gasteiger partial charge in [0.25, 0.3) is 5.91 Å². The third-order valence-corrected chi connectivity index (χ3v) is 3.46. The van der Waals surface area contributed by atoms with Crippen LogP contribution in [0.15, 0.2) is 53.8 Å². The fourth-order valence-corrected chi connectivity index (χ4v) is 2.07. The first kappa shape index (κ1) is 17.6. The number of nitrogens with one attached hydrogen (secondary N) is 2. The fraction of sp³-hybridized carbons (Fsp3) is 0.176. The van der Waals surface area contributed by atoms with E-state index in [-0.39, 0.29) is 18.0 Å². The molecule has 2 aromatic rings. The van der Waals surface area contributed by atoms with Crippen LogP contribution in [-0.2, 0) is 11.3 Å². The Balaban J connectivity index is 1.81. The molecule has 0 fully saturated rings. The lowest BCUT2D eigenvalue weighted by atomic mass is 10.2. The van der Waals surface area contributed by atoms with E-state index in [1.54, 1.807) is 31.2 Å². The third-order valence-electron chi connectivity index (χ3n) is 3.10. The Hall–Kier alpha value is -2.73. The van der Waals surface area contributed by atoms with Crippen LogP contribution in [0.2, 0.25) is 5.02 Å². The maximum absolute atomic E-state index is 11.9. The van der Waals surface area contributed by atoms with Gasteiger partial charge in [-0.05, 0) is 30.7 Å². The normalized spacial score (nSPS) is 11.0. The van der Waals surface area contributed by atoms with Gasteiger partial charge in [0.05, 0.1) is 6.42 Å². The summed E-state index contributed by atoms with van der Waals surface area (Å²) < 4.78 is 0. The minimum Gasteiger partial charge on any atom is -0.352 e. The highest BCUT2D eigenvalue weighted by Crippen LogP contribution is 2.14. The van der Waals surface area contributed by atoms with E-state index in [4.69, 9.17) is 11.6 Å². The van der Waals surface area contributed by atoms with E-state index in [0.29, 0.717) is 17.3 Å². The highest BCUT2D eigenvalue weighted by molar-refractivity contribution is 6.31. The fourth-order valence-electron chi connectivity index (χ4n) is 1.87. The number of halogens is 1. The standard InChI is InChI=1S/C17H17ClN4O2/c1-12(21-22-17(24)15-8-4-5-9-19-15)10-16(23)20-11-13-6-2-3-7-14(13)18/h2-9H,10-11H2,1H3,(H,20,23)(H,22,24)/b21-12+. The monoisotopic (exact) mass is 344 g/mol. The maximum atomic E-state index is 11.9. The third kappa shape index (κ3) is 5.48. The minimum atomic E-state index is -0.425. The van der Waals surface area contributed by atoms with E-state index >= 15 is 0 Å². The zero-order valence-electron chi connectivity index (χ0n) is 13.1. The predicted molar refractivity (Wildman–Crippen MR) is 92.7 cm³/mol. The van der Waals surface area contributed by atoms with E-state index < -0.39 is 5.91 Å². The van der Waals surface area contributed by atoms with E-state index in [0.717, 1.165) is 5.56 Å². The number of benzene rings is 1. The molecule has 1 aromatic heterocycles. The van der Waals surface area contributed by atoms with E-state index in [9.17, 15) is 9.59 Å². The number of hydrazone groups is 1. The molecule has 0 atom stereocenters. The number of aromatic nitrogens is 1. The predicted octanol–water partition coefficient (Wildman–Crippen LogP) is 2.55. The molecule has 2 rings (SSSR count). The number of hydrogen-bond donors (Lipinski definition) is 2. The molecule has 1 aromatic carbocycles. The molecule has 0 bridgehead atoms. The molecule has 0 unspecified atom stereocenters. The Morgan fingerprint density at radius 1 is 1.17 bits per heavy atom. The summed E-state index contributed by atoms with van der Waals surface area (Å²) in [5.74, 6) is -0.630. The maximum Gasteiger partial charge on any atom is 0.289 e. The van der Waals surface area contributed by atoms with Crippen molar-refractivity contribution in [1.82, 2.24) is 15.7 Å². The van der Waals surface area contributed by atoms with Gasteiger partial charge in [0.2, 0.25) is 5.91 Å². The smallest absolute Gasteiger partial charge is 0.289 e. The number of carbonyl (C=O) groups excluding carboxylic acids is 2. The van der Waals surface area contributed by atoms with Crippen molar-refractivity contribution >= 4 is 29.1 Å². The lowest BCUT2D eigenvalue weighted by Gasteiger charge is -2.07. The summed E-state index contributed by atoms with van der Waals surface area (Å²) in [6.45, 7) is 2.00. The van der Waals surface area contributed by atoms with E-state index in [1.165, 1.54) is 6.20 Å². The summed E-state index contributed by atoms with van der Waals surface area (Å²) in [7, 11) is 0. The summed E-state index contributed by atoms with van der Waals surface area (Å²) >= 11 is 6.03. The second-order valence-electron chi connectivity index (χ2n) is 5.05. The molecule has 24 heavy (non-hydrogen) atoms. The SMILES string of the molecule is C/C(CC(=O)NCc1ccccc1Cl)=N\NC(=O)c1ccccn1. The number of pyridine rings is 1.